The second-order valence-electron chi connectivity index (χ2n) is 3.64. The third-order valence-electron chi connectivity index (χ3n) is 2.50. The molecule has 19 heavy (non-hydrogen) atoms. The summed E-state index contributed by atoms with van der Waals surface area (Å²) in [7, 11) is 0. The highest BCUT2D eigenvalue weighted by atomic mass is 16.8. The van der Waals surface area contributed by atoms with E-state index in [-0.39, 0.29) is 11.5 Å². The lowest BCUT2D eigenvalue weighted by atomic mass is 10.3. The summed E-state index contributed by atoms with van der Waals surface area (Å²) in [5.41, 5.74) is 3.25. The van der Waals surface area contributed by atoms with E-state index in [1.54, 1.807) is 30.5 Å². The van der Waals surface area contributed by atoms with Crippen molar-refractivity contribution in [1.82, 2.24) is 15.5 Å². The zero-order valence-corrected chi connectivity index (χ0v) is 9.56. The maximum absolute atomic E-state index is 11.3. The molecule has 0 amide bonds. The summed E-state index contributed by atoms with van der Waals surface area (Å²) < 4.78 is 0. The van der Waals surface area contributed by atoms with Crippen LogP contribution < -0.4 is 10.5 Å². The maximum atomic E-state index is 11.3. The summed E-state index contributed by atoms with van der Waals surface area (Å²) in [6.45, 7) is 0. The molecule has 2 aliphatic heterocycles. The average Bonchev–Trinajstić information content (AvgIpc) is 2.84. The fourth-order valence-corrected chi connectivity index (χ4v) is 1.71. The van der Waals surface area contributed by atoms with Crippen LogP contribution in [0.5, 0.6) is 0 Å². The van der Waals surface area contributed by atoms with Crippen molar-refractivity contribution in [3.05, 3.63) is 70.6 Å². The molecular weight excluding hydrogens is 250 g/mol. The van der Waals surface area contributed by atoms with Crippen molar-refractivity contribution in [2.45, 2.75) is 0 Å². The van der Waals surface area contributed by atoms with Gasteiger partial charge in [-0.25, -0.2) is 20.7 Å². The Bertz CT molecular complexity index is 596. The van der Waals surface area contributed by atoms with Crippen LogP contribution in [0, 0.1) is 16.3 Å². The van der Waals surface area contributed by atoms with Gasteiger partial charge < -0.3 is 0 Å². The molecular formula is C11H8N5O3. The van der Waals surface area contributed by atoms with Gasteiger partial charge in [0.05, 0.1) is 0 Å². The van der Waals surface area contributed by atoms with E-state index < -0.39 is 5.03 Å². The molecule has 0 unspecified atom stereocenters. The molecule has 1 radical (unpaired) electrons. The molecule has 0 aliphatic carbocycles. The monoisotopic (exact) mass is 258 g/mol. The first kappa shape index (κ1) is 11.2. The number of pyridine rings is 1. The molecule has 8 nitrogen and oxygen atoms in total. The van der Waals surface area contributed by atoms with Gasteiger partial charge in [0.15, 0.2) is 5.03 Å². The van der Waals surface area contributed by atoms with Gasteiger partial charge in [0, 0.05) is 12.4 Å². The smallest absolute Gasteiger partial charge is 0.226 e. The van der Waals surface area contributed by atoms with E-state index >= 15 is 0 Å². The lowest BCUT2D eigenvalue weighted by Gasteiger charge is -2.14. The van der Waals surface area contributed by atoms with Gasteiger partial charge in [0.2, 0.25) is 5.82 Å². The molecule has 0 atom stereocenters. The van der Waals surface area contributed by atoms with E-state index in [2.05, 4.69) is 16.7 Å². The minimum absolute atomic E-state index is 0.190. The molecule has 1 aromatic rings. The molecule has 0 saturated heterocycles. The summed E-state index contributed by atoms with van der Waals surface area (Å²) in [6.07, 6.45) is 10.9. The van der Waals surface area contributed by atoms with E-state index in [1.165, 1.54) is 17.3 Å². The summed E-state index contributed by atoms with van der Waals surface area (Å²) in [5, 5.41) is 12.9. The number of nitrogens with zero attached hydrogens (tertiary/aromatic N) is 4. The number of hydroxylamine groups is 3. The standard InChI is InChI=1S/C11H8N5O3/c17-16(18)15(9-4-3-6-12-8-9)11-10-5-1-2-7-14(10)19-13-11/h1-7,13H. The van der Waals surface area contributed by atoms with Crippen molar-refractivity contribution in [2.75, 3.05) is 5.01 Å². The SMILES string of the molecule is O=[N+]([O-])N(C1=C2C=CC=CN2ON1)c1[c]nccc1. The Morgan fingerprint density at radius 2 is 2.42 bits per heavy atom. The topological polar surface area (TPSA) is 83.8 Å². The van der Waals surface area contributed by atoms with E-state index in [1.807, 2.05) is 0 Å². The van der Waals surface area contributed by atoms with Gasteiger partial charge in [-0.05, 0) is 29.3 Å². The van der Waals surface area contributed by atoms with E-state index in [0.29, 0.717) is 5.70 Å². The van der Waals surface area contributed by atoms with Crippen molar-refractivity contribution < 1.29 is 9.97 Å². The number of nitrogens with one attached hydrogen (secondary N) is 1. The van der Waals surface area contributed by atoms with E-state index in [0.717, 1.165) is 5.01 Å². The van der Waals surface area contributed by atoms with Gasteiger partial charge in [0.1, 0.15) is 17.6 Å². The Kier molecular flexibility index (Phi) is 2.62. The Balaban J connectivity index is 2.05. The Hall–Kier alpha value is -2.87. The molecule has 2 aliphatic rings. The number of aromatic nitrogens is 1. The summed E-state index contributed by atoms with van der Waals surface area (Å²) in [5.74, 6) is 0.190. The zero-order valence-electron chi connectivity index (χ0n) is 9.56. The Labute approximate surface area is 107 Å². The maximum Gasteiger partial charge on any atom is 0.226 e. The number of anilines is 1. The summed E-state index contributed by atoms with van der Waals surface area (Å²) in [6, 6.07) is 3.13. The highest BCUT2D eigenvalue weighted by Crippen LogP contribution is 2.26. The predicted octanol–water partition coefficient (Wildman–Crippen LogP) is 0.884. The van der Waals surface area contributed by atoms with Crippen LogP contribution in [-0.2, 0) is 4.94 Å². The lowest BCUT2D eigenvalue weighted by Crippen LogP contribution is -2.34. The van der Waals surface area contributed by atoms with Gasteiger partial charge >= 0.3 is 0 Å². The second-order valence-corrected chi connectivity index (χ2v) is 3.64. The molecule has 3 rings (SSSR count). The van der Waals surface area contributed by atoms with Crippen LogP contribution in [0.15, 0.2) is 54.3 Å². The van der Waals surface area contributed by atoms with Crippen LogP contribution in [0.2, 0.25) is 0 Å². The van der Waals surface area contributed by atoms with Crippen LogP contribution in [0.25, 0.3) is 0 Å². The molecule has 95 valence electrons. The fraction of sp³-hybridized carbons (Fsp3) is 0. The first-order valence-corrected chi connectivity index (χ1v) is 5.36. The molecule has 0 fully saturated rings. The number of rotatable bonds is 3. The molecule has 1 aromatic heterocycles. The number of fused-ring (bicyclic) bond motifs is 1. The average molecular weight is 258 g/mol. The minimum Gasteiger partial charge on any atom is -0.252 e. The second kappa shape index (κ2) is 4.42. The molecule has 0 aromatic carbocycles. The summed E-state index contributed by atoms with van der Waals surface area (Å²) >= 11 is 0. The molecule has 0 bridgehead atoms. The number of nitro groups is 1. The highest BCUT2D eigenvalue weighted by Gasteiger charge is 2.33. The van der Waals surface area contributed by atoms with Crippen LogP contribution in [-0.4, -0.2) is 15.1 Å². The molecule has 3 heterocycles. The first-order chi connectivity index (χ1) is 9.27. The zero-order chi connectivity index (χ0) is 13.2. The molecule has 8 heteroatoms. The fourth-order valence-electron chi connectivity index (χ4n) is 1.71. The molecule has 0 saturated carbocycles. The third-order valence-corrected chi connectivity index (χ3v) is 2.50. The van der Waals surface area contributed by atoms with Crippen LogP contribution in [0.4, 0.5) is 5.69 Å². The molecule has 1 N–H and O–H groups in total. The van der Waals surface area contributed by atoms with Gasteiger partial charge in [-0.2, -0.15) is 0 Å². The van der Waals surface area contributed by atoms with Gasteiger partial charge in [-0.1, -0.05) is 6.08 Å². The van der Waals surface area contributed by atoms with Crippen LogP contribution in [0.3, 0.4) is 0 Å². The normalized spacial score (nSPS) is 16.3. The Morgan fingerprint density at radius 3 is 3.16 bits per heavy atom. The highest BCUT2D eigenvalue weighted by molar-refractivity contribution is 5.48. The van der Waals surface area contributed by atoms with Crippen LogP contribution >= 0.6 is 0 Å². The van der Waals surface area contributed by atoms with Crippen molar-refractivity contribution in [3.8, 4) is 0 Å². The largest absolute Gasteiger partial charge is 0.252 e. The number of hydrogen-bond acceptors (Lipinski definition) is 6. The number of hydrogen-bond donors (Lipinski definition) is 1. The number of allylic oxidation sites excluding steroid dienone is 3. The Morgan fingerprint density at radius 1 is 1.53 bits per heavy atom. The van der Waals surface area contributed by atoms with Crippen LogP contribution in [0.1, 0.15) is 0 Å². The van der Waals surface area contributed by atoms with Crippen molar-refractivity contribution in [1.29, 1.82) is 0 Å². The quantitative estimate of drug-likeness (QED) is 0.636. The molecule has 0 spiro atoms. The van der Waals surface area contributed by atoms with Crippen molar-refractivity contribution in [3.63, 3.8) is 0 Å². The lowest BCUT2D eigenvalue weighted by molar-refractivity contribution is -0.489. The number of hydrazine groups is 1. The van der Waals surface area contributed by atoms with Gasteiger partial charge in [0.25, 0.3) is 0 Å². The first-order valence-electron chi connectivity index (χ1n) is 5.36. The van der Waals surface area contributed by atoms with Gasteiger partial charge in [-0.3, -0.25) is 4.98 Å². The minimum atomic E-state index is -0.568. The van der Waals surface area contributed by atoms with E-state index in [9.17, 15) is 10.1 Å². The van der Waals surface area contributed by atoms with Gasteiger partial charge in [-0.15, -0.1) is 4.94 Å². The third kappa shape index (κ3) is 1.89. The van der Waals surface area contributed by atoms with Crippen molar-refractivity contribution in [2.24, 2.45) is 0 Å². The summed E-state index contributed by atoms with van der Waals surface area (Å²) in [4.78, 5) is 20.1. The van der Waals surface area contributed by atoms with E-state index in [4.69, 9.17) is 4.94 Å². The predicted molar refractivity (Wildman–Crippen MR) is 63.9 cm³/mol. The van der Waals surface area contributed by atoms with Crippen molar-refractivity contribution >= 4 is 5.69 Å².